The summed E-state index contributed by atoms with van der Waals surface area (Å²) in [6.07, 6.45) is 0.937. The first kappa shape index (κ1) is 17.5. The Labute approximate surface area is 136 Å². The van der Waals surface area contributed by atoms with E-state index in [-0.39, 0.29) is 35.5 Å². The van der Waals surface area contributed by atoms with E-state index >= 15 is 0 Å². The maximum Gasteiger partial charge on any atom is 0.277 e. The van der Waals surface area contributed by atoms with E-state index in [1.807, 2.05) is 26.0 Å². The number of carbonyl (C=O) groups excluding carboxylic acids is 1. The predicted octanol–water partition coefficient (Wildman–Crippen LogP) is 2.43. The molecule has 0 saturated heterocycles. The SMILES string of the molecule is CCc1ccc(C(=O)c2c(C)[nH]n(C)c2=O)c(C)c1C.[V]. The number of nitrogens with one attached hydrogen (secondary N) is 1. The van der Waals surface area contributed by atoms with Crippen LogP contribution in [0.4, 0.5) is 0 Å². The molecule has 1 radical (unpaired) electrons. The van der Waals surface area contributed by atoms with Crippen LogP contribution in [-0.4, -0.2) is 15.6 Å². The summed E-state index contributed by atoms with van der Waals surface area (Å²) in [5, 5.41) is 2.87. The van der Waals surface area contributed by atoms with Crippen molar-refractivity contribution in [2.75, 3.05) is 0 Å². The molecule has 1 aromatic carbocycles. The first-order valence-electron chi connectivity index (χ1n) is 6.77. The molecular weight excluding hydrogens is 303 g/mol. The monoisotopic (exact) mass is 323 g/mol. The molecular formula is C16H20N2O2V. The zero-order chi connectivity index (χ0) is 15.0. The zero-order valence-electron chi connectivity index (χ0n) is 13.1. The van der Waals surface area contributed by atoms with Gasteiger partial charge in [-0.05, 0) is 43.9 Å². The van der Waals surface area contributed by atoms with E-state index in [4.69, 9.17) is 0 Å². The maximum absolute atomic E-state index is 12.6. The number of aromatic nitrogens is 2. The Kier molecular flexibility index (Phi) is 5.43. The normalized spacial score (nSPS) is 10.3. The van der Waals surface area contributed by atoms with Gasteiger partial charge in [-0.15, -0.1) is 0 Å². The number of aromatic amines is 1. The second-order valence-electron chi connectivity index (χ2n) is 5.18. The van der Waals surface area contributed by atoms with Crippen LogP contribution < -0.4 is 5.56 Å². The van der Waals surface area contributed by atoms with Crippen LogP contribution in [0.1, 0.15) is 45.2 Å². The first-order valence-corrected chi connectivity index (χ1v) is 6.77. The third-order valence-corrected chi connectivity index (χ3v) is 3.98. The minimum absolute atomic E-state index is 0. The van der Waals surface area contributed by atoms with Gasteiger partial charge in [0.25, 0.3) is 5.56 Å². The molecule has 111 valence electrons. The van der Waals surface area contributed by atoms with Crippen molar-refractivity contribution in [1.82, 2.24) is 9.78 Å². The summed E-state index contributed by atoms with van der Waals surface area (Å²) >= 11 is 0. The van der Waals surface area contributed by atoms with Gasteiger partial charge < -0.3 is 0 Å². The van der Waals surface area contributed by atoms with Gasteiger partial charge >= 0.3 is 0 Å². The van der Waals surface area contributed by atoms with Crippen molar-refractivity contribution in [3.05, 3.63) is 56.0 Å². The number of H-pyrrole nitrogens is 1. The van der Waals surface area contributed by atoms with Crippen LogP contribution in [-0.2, 0) is 32.0 Å². The van der Waals surface area contributed by atoms with E-state index in [2.05, 4.69) is 12.0 Å². The van der Waals surface area contributed by atoms with Gasteiger partial charge in [0.2, 0.25) is 5.78 Å². The molecule has 0 aliphatic rings. The Hall–Kier alpha value is -1.52. The van der Waals surface area contributed by atoms with Crippen LogP contribution in [0.25, 0.3) is 0 Å². The molecule has 2 rings (SSSR count). The quantitative estimate of drug-likeness (QED) is 0.882. The van der Waals surface area contributed by atoms with Crippen LogP contribution in [0.5, 0.6) is 0 Å². The zero-order valence-corrected chi connectivity index (χ0v) is 14.5. The number of nitrogens with zero attached hydrogens (tertiary/aromatic N) is 1. The van der Waals surface area contributed by atoms with E-state index in [9.17, 15) is 9.59 Å². The van der Waals surface area contributed by atoms with Crippen LogP contribution in [0.15, 0.2) is 16.9 Å². The Bertz CT molecular complexity index is 741. The van der Waals surface area contributed by atoms with Crippen molar-refractivity contribution < 1.29 is 23.4 Å². The smallest absolute Gasteiger partial charge is 0.277 e. The molecule has 0 spiro atoms. The number of rotatable bonds is 3. The molecule has 0 amide bonds. The van der Waals surface area contributed by atoms with Gasteiger partial charge in [-0.1, -0.05) is 19.1 Å². The molecule has 0 aliphatic carbocycles. The fourth-order valence-corrected chi connectivity index (χ4v) is 2.59. The largest absolute Gasteiger partial charge is 0.299 e. The van der Waals surface area contributed by atoms with Crippen LogP contribution in [0.2, 0.25) is 0 Å². The third-order valence-electron chi connectivity index (χ3n) is 3.98. The van der Waals surface area contributed by atoms with Gasteiger partial charge in [0, 0.05) is 36.9 Å². The van der Waals surface area contributed by atoms with Crippen LogP contribution in [0.3, 0.4) is 0 Å². The van der Waals surface area contributed by atoms with Crippen molar-refractivity contribution in [1.29, 1.82) is 0 Å². The van der Waals surface area contributed by atoms with Crippen LogP contribution >= 0.6 is 0 Å². The van der Waals surface area contributed by atoms with Crippen LogP contribution in [0, 0.1) is 20.8 Å². The molecule has 1 heterocycles. The average molecular weight is 323 g/mol. The number of ketones is 1. The number of aryl methyl sites for hydroxylation is 3. The Morgan fingerprint density at radius 1 is 1.19 bits per heavy atom. The van der Waals surface area contributed by atoms with Gasteiger partial charge in [0.1, 0.15) is 5.56 Å². The van der Waals surface area contributed by atoms with Crippen molar-refractivity contribution in [3.63, 3.8) is 0 Å². The van der Waals surface area contributed by atoms with E-state index in [0.29, 0.717) is 11.3 Å². The minimum Gasteiger partial charge on any atom is -0.299 e. The molecule has 2 aromatic rings. The van der Waals surface area contributed by atoms with Crippen molar-refractivity contribution in [2.24, 2.45) is 7.05 Å². The van der Waals surface area contributed by atoms with Crippen molar-refractivity contribution in [3.8, 4) is 0 Å². The van der Waals surface area contributed by atoms with Gasteiger partial charge in [-0.25, -0.2) is 0 Å². The molecule has 0 unspecified atom stereocenters. The fourth-order valence-electron chi connectivity index (χ4n) is 2.59. The summed E-state index contributed by atoms with van der Waals surface area (Å²) in [5.41, 5.74) is 4.50. The first-order chi connectivity index (χ1) is 9.38. The molecule has 0 aliphatic heterocycles. The minimum atomic E-state index is -0.274. The molecule has 0 saturated carbocycles. The molecule has 21 heavy (non-hydrogen) atoms. The Morgan fingerprint density at radius 2 is 1.81 bits per heavy atom. The molecule has 1 aromatic heterocycles. The number of hydrogen-bond acceptors (Lipinski definition) is 2. The average Bonchev–Trinajstić information content (AvgIpc) is 2.66. The second kappa shape index (κ2) is 6.50. The van der Waals surface area contributed by atoms with Crippen molar-refractivity contribution in [2.45, 2.75) is 34.1 Å². The van der Waals surface area contributed by atoms with E-state index in [0.717, 1.165) is 17.5 Å². The van der Waals surface area contributed by atoms with E-state index in [1.165, 1.54) is 10.2 Å². The summed E-state index contributed by atoms with van der Waals surface area (Å²) in [7, 11) is 1.62. The summed E-state index contributed by atoms with van der Waals surface area (Å²) in [5.74, 6) is -0.201. The third kappa shape index (κ3) is 2.92. The summed E-state index contributed by atoms with van der Waals surface area (Å²) in [6.45, 7) is 7.80. The summed E-state index contributed by atoms with van der Waals surface area (Å²) < 4.78 is 1.34. The maximum atomic E-state index is 12.6. The molecule has 1 N–H and O–H groups in total. The topological polar surface area (TPSA) is 54.9 Å². The summed E-state index contributed by atoms with van der Waals surface area (Å²) in [6, 6.07) is 3.80. The molecule has 0 fully saturated rings. The predicted molar refractivity (Wildman–Crippen MR) is 79.5 cm³/mol. The Balaban J connectivity index is 0.00000220. The second-order valence-corrected chi connectivity index (χ2v) is 5.18. The summed E-state index contributed by atoms with van der Waals surface area (Å²) in [4.78, 5) is 24.7. The number of hydrogen-bond donors (Lipinski definition) is 1. The molecule has 5 heteroatoms. The number of benzene rings is 1. The Morgan fingerprint density at radius 3 is 2.29 bits per heavy atom. The molecule has 4 nitrogen and oxygen atoms in total. The molecule has 0 bridgehead atoms. The van der Waals surface area contributed by atoms with E-state index < -0.39 is 0 Å². The van der Waals surface area contributed by atoms with Gasteiger partial charge in [-0.2, -0.15) is 0 Å². The molecule has 0 atom stereocenters. The van der Waals surface area contributed by atoms with Gasteiger partial charge in [0.05, 0.1) is 0 Å². The van der Waals surface area contributed by atoms with Crippen molar-refractivity contribution >= 4 is 5.78 Å². The fraction of sp³-hybridized carbons (Fsp3) is 0.375. The van der Waals surface area contributed by atoms with Gasteiger partial charge in [-0.3, -0.25) is 19.4 Å². The standard InChI is InChI=1S/C16H20N2O2.V/c1-6-12-7-8-13(10(3)9(12)2)15(19)14-11(4)17-18(5)16(14)20;/h7-8,17H,6H2,1-5H3;. The van der Waals surface area contributed by atoms with Gasteiger partial charge in [0.15, 0.2) is 0 Å². The van der Waals surface area contributed by atoms with E-state index in [1.54, 1.807) is 14.0 Å². The number of carbonyl (C=O) groups is 1.